The number of carbonyl (C=O) groups is 1. The summed E-state index contributed by atoms with van der Waals surface area (Å²) in [5.74, 6) is 0.763. The second-order valence-electron chi connectivity index (χ2n) is 6.28. The van der Waals surface area contributed by atoms with Crippen LogP contribution in [-0.4, -0.2) is 46.5 Å². The predicted octanol–water partition coefficient (Wildman–Crippen LogP) is 2.29. The van der Waals surface area contributed by atoms with Crippen molar-refractivity contribution in [3.05, 3.63) is 29.3 Å². The van der Waals surface area contributed by atoms with Crippen molar-refractivity contribution in [2.45, 2.75) is 45.2 Å². The summed E-state index contributed by atoms with van der Waals surface area (Å²) < 4.78 is 0. The fraction of sp³-hybridized carbons (Fsp3) is 0.588. The maximum Gasteiger partial charge on any atom is 0.222 e. The number of hydrogen-bond acceptors (Lipinski definition) is 3. The normalized spacial score (nSPS) is 21.2. The molecule has 0 radical (unpaired) electrons. The Kier molecular flexibility index (Phi) is 4.15. The summed E-state index contributed by atoms with van der Waals surface area (Å²) in [7, 11) is 0. The second kappa shape index (κ2) is 6.06. The van der Waals surface area contributed by atoms with Gasteiger partial charge in [-0.2, -0.15) is 0 Å². The first-order chi connectivity index (χ1) is 10.1. The zero-order chi connectivity index (χ0) is 14.8. The van der Waals surface area contributed by atoms with Crippen LogP contribution < -0.4 is 0 Å². The Labute approximate surface area is 126 Å². The third kappa shape index (κ3) is 3.05. The molecule has 0 aromatic heterocycles. The van der Waals surface area contributed by atoms with Gasteiger partial charge in [0.2, 0.25) is 5.91 Å². The largest absolute Gasteiger partial charge is 0.507 e. The summed E-state index contributed by atoms with van der Waals surface area (Å²) in [5, 5.41) is 10.1. The molecule has 21 heavy (non-hydrogen) atoms. The Hall–Kier alpha value is -1.55. The Morgan fingerprint density at radius 3 is 2.67 bits per heavy atom. The molecule has 4 heteroatoms. The zero-order valence-corrected chi connectivity index (χ0v) is 12.7. The summed E-state index contributed by atoms with van der Waals surface area (Å²) in [6.45, 7) is 5.68. The number of hydrogen-bond donors (Lipinski definition) is 1. The van der Waals surface area contributed by atoms with Gasteiger partial charge in [-0.05, 0) is 31.7 Å². The summed E-state index contributed by atoms with van der Waals surface area (Å²) in [5.41, 5.74) is 1.94. The summed E-state index contributed by atoms with van der Waals surface area (Å²) >= 11 is 0. The number of amides is 1. The van der Waals surface area contributed by atoms with Gasteiger partial charge in [-0.15, -0.1) is 0 Å². The van der Waals surface area contributed by atoms with Gasteiger partial charge >= 0.3 is 0 Å². The Balaban J connectivity index is 1.56. The van der Waals surface area contributed by atoms with E-state index in [4.69, 9.17) is 0 Å². The molecule has 0 aliphatic carbocycles. The molecule has 1 amide bonds. The van der Waals surface area contributed by atoms with Crippen molar-refractivity contribution in [2.24, 2.45) is 0 Å². The zero-order valence-electron chi connectivity index (χ0n) is 12.7. The first kappa shape index (κ1) is 14.4. The van der Waals surface area contributed by atoms with Crippen molar-refractivity contribution in [3.8, 4) is 5.75 Å². The van der Waals surface area contributed by atoms with E-state index in [9.17, 15) is 9.90 Å². The van der Waals surface area contributed by atoms with E-state index >= 15 is 0 Å². The standard InChI is InChI=1S/C17H24N2O2/c1-13-4-2-5-14(17(13)21)12-18-10-7-15(8-11-18)19-9-3-6-16(19)20/h2,4-5,15,21H,3,6-12H2,1H3. The van der Waals surface area contributed by atoms with E-state index in [1.807, 2.05) is 25.1 Å². The number of benzene rings is 1. The van der Waals surface area contributed by atoms with Crippen LogP contribution in [0.15, 0.2) is 18.2 Å². The minimum atomic E-state index is 0.338. The number of nitrogens with zero attached hydrogens (tertiary/aromatic N) is 2. The smallest absolute Gasteiger partial charge is 0.222 e. The fourth-order valence-electron chi connectivity index (χ4n) is 3.53. The summed E-state index contributed by atoms with van der Waals surface area (Å²) in [6.07, 6.45) is 3.87. The second-order valence-corrected chi connectivity index (χ2v) is 6.28. The van der Waals surface area contributed by atoms with E-state index < -0.39 is 0 Å². The van der Waals surface area contributed by atoms with Crippen LogP contribution in [0.1, 0.15) is 36.8 Å². The molecule has 2 fully saturated rings. The average Bonchev–Trinajstić information content (AvgIpc) is 2.91. The third-order valence-electron chi connectivity index (χ3n) is 4.82. The van der Waals surface area contributed by atoms with Crippen molar-refractivity contribution in [1.82, 2.24) is 9.80 Å². The van der Waals surface area contributed by atoms with Crippen molar-refractivity contribution in [2.75, 3.05) is 19.6 Å². The first-order valence-electron chi connectivity index (χ1n) is 7.94. The van der Waals surface area contributed by atoms with Crippen LogP contribution in [0, 0.1) is 6.92 Å². The van der Waals surface area contributed by atoms with Gasteiger partial charge < -0.3 is 10.0 Å². The maximum absolute atomic E-state index is 11.8. The van der Waals surface area contributed by atoms with Gasteiger partial charge in [0.15, 0.2) is 0 Å². The number of rotatable bonds is 3. The monoisotopic (exact) mass is 288 g/mol. The lowest BCUT2D eigenvalue weighted by molar-refractivity contribution is -0.130. The topological polar surface area (TPSA) is 43.8 Å². The minimum absolute atomic E-state index is 0.338. The first-order valence-corrected chi connectivity index (χ1v) is 7.94. The van der Waals surface area contributed by atoms with Gasteiger partial charge in [0.05, 0.1) is 0 Å². The summed E-state index contributed by atoms with van der Waals surface area (Å²) in [4.78, 5) is 16.3. The van der Waals surface area contributed by atoms with Crippen LogP contribution in [0.5, 0.6) is 5.75 Å². The number of phenols is 1. The highest BCUT2D eigenvalue weighted by atomic mass is 16.3. The fourth-order valence-corrected chi connectivity index (χ4v) is 3.53. The van der Waals surface area contributed by atoms with Crippen LogP contribution in [0.4, 0.5) is 0 Å². The molecule has 0 unspecified atom stereocenters. The van der Waals surface area contributed by atoms with Crippen LogP contribution in [-0.2, 0) is 11.3 Å². The number of phenolic OH excluding ortho intramolecular Hbond substituents is 1. The Morgan fingerprint density at radius 1 is 1.24 bits per heavy atom. The SMILES string of the molecule is Cc1cccc(CN2CCC(N3CCCC3=O)CC2)c1O. The third-order valence-corrected chi connectivity index (χ3v) is 4.82. The highest BCUT2D eigenvalue weighted by molar-refractivity contribution is 5.78. The van der Waals surface area contributed by atoms with Crippen LogP contribution >= 0.6 is 0 Å². The van der Waals surface area contributed by atoms with E-state index in [-0.39, 0.29) is 0 Å². The van der Waals surface area contributed by atoms with Gasteiger partial charge in [-0.3, -0.25) is 9.69 Å². The molecular weight excluding hydrogens is 264 g/mol. The molecule has 2 heterocycles. The minimum Gasteiger partial charge on any atom is -0.507 e. The molecule has 1 N–H and O–H groups in total. The molecule has 2 saturated heterocycles. The number of para-hydroxylation sites is 1. The number of aryl methyl sites for hydroxylation is 1. The molecule has 1 aromatic rings. The van der Waals surface area contributed by atoms with Crippen LogP contribution in [0.2, 0.25) is 0 Å². The molecule has 0 saturated carbocycles. The molecule has 0 spiro atoms. The highest BCUT2D eigenvalue weighted by Crippen LogP contribution is 2.26. The van der Waals surface area contributed by atoms with E-state index in [0.29, 0.717) is 17.7 Å². The molecule has 0 atom stereocenters. The lowest BCUT2D eigenvalue weighted by Crippen LogP contribution is -2.45. The van der Waals surface area contributed by atoms with Crippen molar-refractivity contribution >= 4 is 5.91 Å². The van der Waals surface area contributed by atoms with E-state index in [1.165, 1.54) is 0 Å². The lowest BCUT2D eigenvalue weighted by Gasteiger charge is -2.36. The number of aromatic hydroxyl groups is 1. The molecule has 2 aliphatic rings. The average molecular weight is 288 g/mol. The Morgan fingerprint density at radius 2 is 2.00 bits per heavy atom. The molecule has 2 aliphatic heterocycles. The highest BCUT2D eigenvalue weighted by Gasteiger charge is 2.30. The number of piperidine rings is 1. The van der Waals surface area contributed by atoms with Gasteiger partial charge in [-0.25, -0.2) is 0 Å². The molecule has 114 valence electrons. The maximum atomic E-state index is 11.8. The van der Waals surface area contributed by atoms with Crippen molar-refractivity contribution < 1.29 is 9.90 Å². The van der Waals surface area contributed by atoms with Gasteiger partial charge in [0.1, 0.15) is 5.75 Å². The van der Waals surface area contributed by atoms with Gasteiger partial charge in [-0.1, -0.05) is 18.2 Å². The molecule has 0 bridgehead atoms. The molecular formula is C17H24N2O2. The number of likely N-dealkylation sites (tertiary alicyclic amines) is 2. The van der Waals surface area contributed by atoms with E-state index in [0.717, 1.165) is 63.0 Å². The molecule has 3 rings (SSSR count). The van der Waals surface area contributed by atoms with Crippen LogP contribution in [0.3, 0.4) is 0 Å². The van der Waals surface area contributed by atoms with E-state index in [1.54, 1.807) is 0 Å². The predicted molar refractivity (Wildman–Crippen MR) is 82.1 cm³/mol. The summed E-state index contributed by atoms with van der Waals surface area (Å²) in [6, 6.07) is 6.37. The van der Waals surface area contributed by atoms with Crippen molar-refractivity contribution in [3.63, 3.8) is 0 Å². The van der Waals surface area contributed by atoms with Crippen molar-refractivity contribution in [1.29, 1.82) is 0 Å². The van der Waals surface area contributed by atoms with Gasteiger partial charge in [0, 0.05) is 44.2 Å². The Bertz CT molecular complexity index is 522. The molecule has 1 aromatic carbocycles. The van der Waals surface area contributed by atoms with Gasteiger partial charge in [0.25, 0.3) is 0 Å². The molecule has 4 nitrogen and oxygen atoms in total. The van der Waals surface area contributed by atoms with Crippen LogP contribution in [0.25, 0.3) is 0 Å². The quantitative estimate of drug-likeness (QED) is 0.928. The number of carbonyl (C=O) groups excluding carboxylic acids is 1. The van der Waals surface area contributed by atoms with E-state index in [2.05, 4.69) is 9.80 Å². The lowest BCUT2D eigenvalue weighted by atomic mass is 10.0.